The first kappa shape index (κ1) is 20.3. The minimum absolute atomic E-state index is 0.0303. The van der Waals surface area contributed by atoms with Crippen molar-refractivity contribution in [3.8, 4) is 0 Å². The molecular formula is C19H26ClN5O3. The molecule has 0 saturated carbocycles. The third-order valence-corrected chi connectivity index (χ3v) is 5.65. The number of halogens is 1. The Morgan fingerprint density at radius 1 is 0.964 bits per heavy atom. The smallest absolute Gasteiger partial charge is 0.317 e. The van der Waals surface area contributed by atoms with E-state index in [0.29, 0.717) is 44.0 Å². The Kier molecular flexibility index (Phi) is 6.61. The van der Waals surface area contributed by atoms with E-state index >= 15 is 0 Å². The van der Waals surface area contributed by atoms with Crippen LogP contribution in [0.2, 0.25) is 5.02 Å². The highest BCUT2D eigenvalue weighted by molar-refractivity contribution is 6.30. The summed E-state index contributed by atoms with van der Waals surface area (Å²) in [7, 11) is 0. The van der Waals surface area contributed by atoms with Gasteiger partial charge in [-0.1, -0.05) is 11.6 Å². The molecule has 0 bridgehead atoms. The fourth-order valence-corrected chi connectivity index (χ4v) is 3.73. The Morgan fingerprint density at radius 3 is 2.14 bits per heavy atom. The number of nitrogens with zero attached hydrogens (tertiary/aromatic N) is 3. The maximum Gasteiger partial charge on any atom is 0.317 e. The highest BCUT2D eigenvalue weighted by Crippen LogP contribution is 2.19. The molecule has 152 valence electrons. The summed E-state index contributed by atoms with van der Waals surface area (Å²) in [5.41, 5.74) is 6.39. The maximum atomic E-state index is 12.4. The number of primary amides is 1. The van der Waals surface area contributed by atoms with Gasteiger partial charge in [0.1, 0.15) is 0 Å². The van der Waals surface area contributed by atoms with Gasteiger partial charge in [0.25, 0.3) is 0 Å². The molecule has 4 amide bonds. The maximum absolute atomic E-state index is 12.4. The molecule has 0 radical (unpaired) electrons. The number of hydrogen-bond acceptors (Lipinski definition) is 4. The quantitative estimate of drug-likeness (QED) is 0.774. The first-order valence-electron chi connectivity index (χ1n) is 9.54. The standard InChI is InChI=1S/C19H26ClN5O3/c20-15-1-3-16(4-2-15)23-9-11-25(12-10-23)19(28)22-13-17(26)24-7-5-14(6-8-24)18(21)27/h1-4,14H,5-13H2,(H2,21,27)(H,22,28). The van der Waals surface area contributed by atoms with E-state index in [1.54, 1.807) is 9.80 Å². The molecule has 0 spiro atoms. The van der Waals surface area contributed by atoms with Gasteiger partial charge < -0.3 is 25.8 Å². The van der Waals surface area contributed by atoms with Gasteiger partial charge in [0.05, 0.1) is 6.54 Å². The lowest BCUT2D eigenvalue weighted by atomic mass is 9.96. The highest BCUT2D eigenvalue weighted by Gasteiger charge is 2.27. The van der Waals surface area contributed by atoms with Gasteiger partial charge in [0, 0.05) is 55.9 Å². The second-order valence-electron chi connectivity index (χ2n) is 7.17. The van der Waals surface area contributed by atoms with Gasteiger partial charge in [-0.3, -0.25) is 9.59 Å². The van der Waals surface area contributed by atoms with Gasteiger partial charge in [-0.15, -0.1) is 0 Å². The van der Waals surface area contributed by atoms with E-state index in [1.807, 2.05) is 24.3 Å². The van der Waals surface area contributed by atoms with Crippen LogP contribution in [0.15, 0.2) is 24.3 Å². The minimum Gasteiger partial charge on any atom is -0.369 e. The predicted molar refractivity (Wildman–Crippen MR) is 107 cm³/mol. The Bertz CT molecular complexity index is 711. The largest absolute Gasteiger partial charge is 0.369 e. The van der Waals surface area contributed by atoms with E-state index in [-0.39, 0.29) is 30.3 Å². The highest BCUT2D eigenvalue weighted by atomic mass is 35.5. The van der Waals surface area contributed by atoms with E-state index in [2.05, 4.69) is 10.2 Å². The van der Waals surface area contributed by atoms with Crippen LogP contribution in [-0.2, 0) is 9.59 Å². The Morgan fingerprint density at radius 2 is 1.57 bits per heavy atom. The monoisotopic (exact) mass is 407 g/mol. The van der Waals surface area contributed by atoms with Crippen LogP contribution < -0.4 is 16.0 Å². The number of rotatable bonds is 4. The van der Waals surface area contributed by atoms with Gasteiger partial charge in [0.15, 0.2) is 0 Å². The van der Waals surface area contributed by atoms with E-state index in [9.17, 15) is 14.4 Å². The molecule has 2 aliphatic heterocycles. The SMILES string of the molecule is NC(=O)C1CCN(C(=O)CNC(=O)N2CCN(c3ccc(Cl)cc3)CC2)CC1. The molecule has 1 aromatic carbocycles. The zero-order chi connectivity index (χ0) is 20.1. The van der Waals surface area contributed by atoms with E-state index in [1.165, 1.54) is 0 Å². The summed E-state index contributed by atoms with van der Waals surface area (Å²) in [4.78, 5) is 41.4. The molecule has 9 heteroatoms. The van der Waals surface area contributed by atoms with Crippen LogP contribution in [-0.4, -0.2) is 73.5 Å². The topological polar surface area (TPSA) is 99.0 Å². The molecule has 3 N–H and O–H groups in total. The second-order valence-corrected chi connectivity index (χ2v) is 7.60. The van der Waals surface area contributed by atoms with E-state index in [4.69, 9.17) is 17.3 Å². The van der Waals surface area contributed by atoms with E-state index in [0.717, 1.165) is 18.8 Å². The van der Waals surface area contributed by atoms with Gasteiger partial charge in [-0.05, 0) is 37.1 Å². The van der Waals surface area contributed by atoms with Crippen LogP contribution in [0.4, 0.5) is 10.5 Å². The lowest BCUT2D eigenvalue weighted by Gasteiger charge is -2.36. The number of benzene rings is 1. The minimum atomic E-state index is -0.307. The number of nitrogens with one attached hydrogen (secondary N) is 1. The van der Waals surface area contributed by atoms with Gasteiger partial charge >= 0.3 is 6.03 Å². The number of hydrogen-bond donors (Lipinski definition) is 2. The van der Waals surface area contributed by atoms with Gasteiger partial charge in [0.2, 0.25) is 11.8 Å². The summed E-state index contributed by atoms with van der Waals surface area (Å²) in [6.07, 6.45) is 1.17. The zero-order valence-corrected chi connectivity index (χ0v) is 16.5. The van der Waals surface area contributed by atoms with Crippen molar-refractivity contribution in [2.75, 3.05) is 50.7 Å². The second kappa shape index (κ2) is 9.14. The van der Waals surface area contributed by atoms with Crippen molar-refractivity contribution in [2.24, 2.45) is 11.7 Å². The average molecular weight is 408 g/mol. The molecule has 2 saturated heterocycles. The summed E-state index contributed by atoms with van der Waals surface area (Å²) in [6.45, 7) is 3.61. The van der Waals surface area contributed by atoms with E-state index < -0.39 is 0 Å². The Hall–Kier alpha value is -2.48. The number of anilines is 1. The molecule has 0 aliphatic carbocycles. The number of nitrogens with two attached hydrogens (primary N) is 1. The summed E-state index contributed by atoms with van der Waals surface area (Å²) < 4.78 is 0. The number of piperidine rings is 1. The number of carbonyl (C=O) groups excluding carboxylic acids is 3. The summed E-state index contributed by atoms with van der Waals surface area (Å²) in [5.74, 6) is -0.593. The molecule has 8 nitrogen and oxygen atoms in total. The van der Waals surface area contributed by atoms with Gasteiger partial charge in [-0.2, -0.15) is 0 Å². The molecule has 1 aromatic rings. The van der Waals surface area contributed by atoms with Crippen molar-refractivity contribution in [3.63, 3.8) is 0 Å². The van der Waals surface area contributed by atoms with Crippen molar-refractivity contribution in [1.82, 2.24) is 15.1 Å². The summed E-state index contributed by atoms with van der Waals surface area (Å²) in [6, 6.07) is 7.42. The average Bonchev–Trinajstić information content (AvgIpc) is 2.72. The number of carbonyl (C=O) groups is 3. The molecule has 0 unspecified atom stereocenters. The first-order valence-corrected chi connectivity index (χ1v) is 9.92. The van der Waals surface area contributed by atoms with Crippen LogP contribution in [0.3, 0.4) is 0 Å². The number of likely N-dealkylation sites (tertiary alicyclic amines) is 1. The van der Waals surface area contributed by atoms with Gasteiger partial charge in [-0.25, -0.2) is 4.79 Å². The van der Waals surface area contributed by atoms with Crippen molar-refractivity contribution in [2.45, 2.75) is 12.8 Å². The van der Waals surface area contributed by atoms with Crippen molar-refractivity contribution in [3.05, 3.63) is 29.3 Å². The van der Waals surface area contributed by atoms with Crippen LogP contribution in [0, 0.1) is 5.92 Å². The van der Waals surface area contributed by atoms with Crippen LogP contribution >= 0.6 is 11.6 Å². The predicted octanol–water partition coefficient (Wildman–Crippen LogP) is 0.895. The van der Waals surface area contributed by atoms with Crippen molar-refractivity contribution in [1.29, 1.82) is 0 Å². The summed E-state index contributed by atoms with van der Waals surface area (Å²) in [5, 5.41) is 3.41. The fourth-order valence-electron chi connectivity index (χ4n) is 3.61. The first-order chi connectivity index (χ1) is 13.4. The molecule has 2 aliphatic rings. The molecule has 2 fully saturated rings. The summed E-state index contributed by atoms with van der Waals surface area (Å²) >= 11 is 5.92. The lowest BCUT2D eigenvalue weighted by Crippen LogP contribution is -2.53. The molecule has 0 atom stereocenters. The number of amides is 4. The molecule has 28 heavy (non-hydrogen) atoms. The van der Waals surface area contributed by atoms with Crippen molar-refractivity contribution >= 4 is 35.1 Å². The van der Waals surface area contributed by atoms with Crippen LogP contribution in [0.25, 0.3) is 0 Å². The molecule has 3 rings (SSSR count). The molecule has 0 aromatic heterocycles. The van der Waals surface area contributed by atoms with Crippen LogP contribution in [0.5, 0.6) is 0 Å². The van der Waals surface area contributed by atoms with Crippen molar-refractivity contribution < 1.29 is 14.4 Å². The zero-order valence-electron chi connectivity index (χ0n) is 15.8. The Labute approximate surface area is 169 Å². The Balaban J connectivity index is 1.39. The number of piperazine rings is 1. The van der Waals surface area contributed by atoms with Crippen LogP contribution in [0.1, 0.15) is 12.8 Å². The number of urea groups is 1. The molecular weight excluding hydrogens is 382 g/mol. The third-order valence-electron chi connectivity index (χ3n) is 5.40. The lowest BCUT2D eigenvalue weighted by molar-refractivity contribution is -0.133. The normalized spacial score (nSPS) is 18.1. The molecule has 2 heterocycles. The third kappa shape index (κ3) is 5.07. The fraction of sp³-hybridized carbons (Fsp3) is 0.526.